The second-order valence-corrected chi connectivity index (χ2v) is 7.22. The molecule has 3 aromatic carbocycles. The predicted molar refractivity (Wildman–Crippen MR) is 106 cm³/mol. The van der Waals surface area contributed by atoms with Gasteiger partial charge >= 0.3 is 0 Å². The van der Waals surface area contributed by atoms with Crippen LogP contribution in [0, 0.1) is 20.2 Å². The van der Waals surface area contributed by atoms with Crippen LogP contribution in [0.5, 0.6) is 0 Å². The van der Waals surface area contributed by atoms with Gasteiger partial charge in [-0.1, -0.05) is 42.5 Å². The van der Waals surface area contributed by atoms with Gasteiger partial charge in [-0.15, -0.1) is 11.8 Å². The number of non-ortho nitro benzene ring substituents is 2. The first kappa shape index (κ1) is 19.5. The van der Waals surface area contributed by atoms with Crippen molar-refractivity contribution in [3.05, 3.63) is 110 Å². The number of nitro groups is 2. The van der Waals surface area contributed by atoms with Crippen molar-refractivity contribution in [1.29, 1.82) is 0 Å². The second-order valence-electron chi connectivity index (χ2n) is 6.00. The highest BCUT2D eigenvalue weighted by atomic mass is 32.2. The average Bonchev–Trinajstić information content (AvgIpc) is 2.72. The summed E-state index contributed by atoms with van der Waals surface area (Å²) in [6.45, 7) is 0. The molecule has 0 radical (unpaired) electrons. The number of nitrogens with zero attached hydrogens (tertiary/aromatic N) is 2. The van der Waals surface area contributed by atoms with Crippen LogP contribution >= 0.6 is 11.8 Å². The zero-order chi connectivity index (χ0) is 20.1. The summed E-state index contributed by atoms with van der Waals surface area (Å²) in [6.07, 6.45) is -1.10. The summed E-state index contributed by atoms with van der Waals surface area (Å²) in [6, 6.07) is 21.2. The summed E-state index contributed by atoms with van der Waals surface area (Å²) in [5.74, 6) is 0. The Balaban J connectivity index is 2.02. The lowest BCUT2D eigenvalue weighted by atomic mass is 10.00. The molecule has 0 aliphatic carbocycles. The Kier molecular flexibility index (Phi) is 6.03. The number of rotatable bonds is 7. The monoisotopic (exact) mass is 396 g/mol. The van der Waals surface area contributed by atoms with Crippen LogP contribution in [0.25, 0.3) is 0 Å². The van der Waals surface area contributed by atoms with Crippen molar-refractivity contribution in [3.8, 4) is 0 Å². The van der Waals surface area contributed by atoms with E-state index in [0.29, 0.717) is 11.1 Å². The van der Waals surface area contributed by atoms with Crippen molar-refractivity contribution >= 4 is 23.1 Å². The van der Waals surface area contributed by atoms with E-state index in [-0.39, 0.29) is 11.4 Å². The third kappa shape index (κ3) is 4.54. The molecular formula is C20H16N2O5S. The number of nitro benzene ring substituents is 2. The molecule has 142 valence electrons. The number of aliphatic hydroxyl groups excluding tert-OH is 1. The maximum absolute atomic E-state index is 11.2. The summed E-state index contributed by atoms with van der Waals surface area (Å²) in [4.78, 5) is 22.1. The van der Waals surface area contributed by atoms with E-state index in [1.54, 1.807) is 18.2 Å². The Morgan fingerprint density at radius 2 is 1.29 bits per heavy atom. The van der Waals surface area contributed by atoms with Gasteiger partial charge in [0.2, 0.25) is 0 Å². The highest BCUT2D eigenvalue weighted by Gasteiger charge is 2.26. The van der Waals surface area contributed by atoms with Crippen LogP contribution < -0.4 is 0 Å². The minimum absolute atomic E-state index is 0.0811. The van der Waals surface area contributed by atoms with Gasteiger partial charge in [0.05, 0.1) is 21.2 Å². The standard InChI is InChI=1S/C20H16N2O5S/c23-19(14-6-4-8-16(12-14)21(24)25)20(28-18-10-2-1-3-11-18)15-7-5-9-17(13-15)22(26)27/h1-13,19-20,23H/t19-,20-/m0/s1. The summed E-state index contributed by atoms with van der Waals surface area (Å²) >= 11 is 1.34. The van der Waals surface area contributed by atoms with Crippen molar-refractivity contribution in [3.63, 3.8) is 0 Å². The molecule has 0 heterocycles. The first-order valence-electron chi connectivity index (χ1n) is 8.34. The van der Waals surface area contributed by atoms with Crippen LogP contribution in [-0.4, -0.2) is 15.0 Å². The average molecular weight is 396 g/mol. The second kappa shape index (κ2) is 8.64. The molecule has 2 atom stereocenters. The predicted octanol–water partition coefficient (Wildman–Crippen LogP) is 5.07. The third-order valence-corrected chi connectivity index (χ3v) is 5.45. The van der Waals surface area contributed by atoms with E-state index in [9.17, 15) is 25.3 Å². The van der Waals surface area contributed by atoms with Crippen LogP contribution in [0.3, 0.4) is 0 Å². The van der Waals surface area contributed by atoms with E-state index in [1.165, 1.54) is 42.1 Å². The van der Waals surface area contributed by atoms with E-state index >= 15 is 0 Å². The fraction of sp³-hybridized carbons (Fsp3) is 0.100. The van der Waals surface area contributed by atoms with Gasteiger partial charge in [0.25, 0.3) is 11.4 Å². The molecule has 3 aromatic rings. The van der Waals surface area contributed by atoms with Gasteiger partial charge < -0.3 is 5.11 Å². The smallest absolute Gasteiger partial charge is 0.269 e. The maximum Gasteiger partial charge on any atom is 0.269 e. The van der Waals surface area contributed by atoms with Crippen LogP contribution in [0.15, 0.2) is 83.8 Å². The molecule has 0 aromatic heterocycles. The summed E-state index contributed by atoms with van der Waals surface area (Å²) in [7, 11) is 0. The lowest BCUT2D eigenvalue weighted by Crippen LogP contribution is -2.09. The van der Waals surface area contributed by atoms with Gasteiger partial charge in [-0.25, -0.2) is 0 Å². The Morgan fingerprint density at radius 1 is 0.750 bits per heavy atom. The summed E-state index contributed by atoms with van der Waals surface area (Å²) < 4.78 is 0. The minimum atomic E-state index is -1.10. The molecule has 0 saturated carbocycles. The van der Waals surface area contributed by atoms with Gasteiger partial charge in [-0.2, -0.15) is 0 Å². The van der Waals surface area contributed by atoms with Crippen molar-refractivity contribution in [1.82, 2.24) is 0 Å². The molecule has 3 rings (SSSR count). The first-order chi connectivity index (χ1) is 13.5. The molecule has 0 bridgehead atoms. The molecule has 0 unspecified atom stereocenters. The fourth-order valence-electron chi connectivity index (χ4n) is 2.77. The fourth-order valence-corrected chi connectivity index (χ4v) is 3.95. The zero-order valence-corrected chi connectivity index (χ0v) is 15.4. The zero-order valence-electron chi connectivity index (χ0n) is 14.5. The third-order valence-electron chi connectivity index (χ3n) is 4.13. The van der Waals surface area contributed by atoms with Gasteiger partial charge in [0.15, 0.2) is 0 Å². The lowest BCUT2D eigenvalue weighted by molar-refractivity contribution is -0.385. The Labute approximate surface area is 164 Å². The van der Waals surface area contributed by atoms with Crippen molar-refractivity contribution < 1.29 is 15.0 Å². The quantitative estimate of drug-likeness (QED) is 0.339. The number of hydrogen-bond donors (Lipinski definition) is 1. The number of benzene rings is 3. The van der Waals surface area contributed by atoms with E-state index in [4.69, 9.17) is 0 Å². The summed E-state index contributed by atoms with van der Waals surface area (Å²) in [5.41, 5.74) is 0.720. The van der Waals surface area contributed by atoms with Crippen LogP contribution in [0.4, 0.5) is 11.4 Å². The number of hydrogen-bond acceptors (Lipinski definition) is 6. The lowest BCUT2D eigenvalue weighted by Gasteiger charge is -2.23. The Bertz CT molecular complexity index is 997. The molecular weight excluding hydrogens is 380 g/mol. The maximum atomic E-state index is 11.2. The van der Waals surface area contributed by atoms with E-state index < -0.39 is 21.2 Å². The molecule has 0 fully saturated rings. The molecule has 0 amide bonds. The first-order valence-corrected chi connectivity index (χ1v) is 9.22. The number of aliphatic hydroxyl groups is 1. The molecule has 8 heteroatoms. The molecule has 7 nitrogen and oxygen atoms in total. The van der Waals surface area contributed by atoms with Gasteiger partial charge in [-0.05, 0) is 23.3 Å². The van der Waals surface area contributed by atoms with Crippen molar-refractivity contribution in [2.75, 3.05) is 0 Å². The highest BCUT2D eigenvalue weighted by Crippen LogP contribution is 2.45. The molecule has 1 N–H and O–H groups in total. The number of thioether (sulfide) groups is 1. The summed E-state index contributed by atoms with van der Waals surface area (Å²) in [5, 5.41) is 32.6. The van der Waals surface area contributed by atoms with Crippen molar-refractivity contribution in [2.45, 2.75) is 16.2 Å². The topological polar surface area (TPSA) is 107 Å². The van der Waals surface area contributed by atoms with Gasteiger partial charge in [-0.3, -0.25) is 20.2 Å². The van der Waals surface area contributed by atoms with Crippen LogP contribution in [-0.2, 0) is 0 Å². The molecule has 0 aliphatic rings. The normalized spacial score (nSPS) is 12.9. The molecule has 0 spiro atoms. The SMILES string of the molecule is O=[N+]([O-])c1cccc([C@H](O)[C@@H](Sc2ccccc2)c2cccc([N+](=O)[O-])c2)c1. The van der Waals surface area contributed by atoms with Crippen LogP contribution in [0.1, 0.15) is 22.5 Å². The van der Waals surface area contributed by atoms with E-state index in [0.717, 1.165) is 4.90 Å². The van der Waals surface area contributed by atoms with E-state index in [2.05, 4.69) is 0 Å². The Morgan fingerprint density at radius 3 is 1.86 bits per heavy atom. The molecule has 0 aliphatic heterocycles. The highest BCUT2D eigenvalue weighted by molar-refractivity contribution is 7.99. The minimum Gasteiger partial charge on any atom is -0.387 e. The van der Waals surface area contributed by atoms with Gasteiger partial charge in [0, 0.05) is 29.2 Å². The van der Waals surface area contributed by atoms with Crippen LogP contribution in [0.2, 0.25) is 0 Å². The van der Waals surface area contributed by atoms with Crippen molar-refractivity contribution in [2.24, 2.45) is 0 Å². The van der Waals surface area contributed by atoms with E-state index in [1.807, 2.05) is 30.3 Å². The largest absolute Gasteiger partial charge is 0.387 e. The molecule has 0 saturated heterocycles. The molecule has 28 heavy (non-hydrogen) atoms. The Hall–Kier alpha value is -3.23. The van der Waals surface area contributed by atoms with Gasteiger partial charge in [0.1, 0.15) is 0 Å².